The Labute approximate surface area is 123 Å². The predicted molar refractivity (Wildman–Crippen MR) is 83.6 cm³/mol. The summed E-state index contributed by atoms with van der Waals surface area (Å²) in [6.07, 6.45) is 2.50. The van der Waals surface area contributed by atoms with Crippen molar-refractivity contribution in [2.45, 2.75) is 20.3 Å². The summed E-state index contributed by atoms with van der Waals surface area (Å²) in [6, 6.07) is 7.70. The number of hydrogen-bond acceptors (Lipinski definition) is 4. The maximum atomic E-state index is 12.2. The summed E-state index contributed by atoms with van der Waals surface area (Å²) in [4.78, 5) is 16.5. The molecule has 1 aromatic carbocycles. The molecule has 106 valence electrons. The largest absolute Gasteiger partial charge is 0.329 e. The van der Waals surface area contributed by atoms with Gasteiger partial charge in [-0.25, -0.2) is 4.98 Å². The van der Waals surface area contributed by atoms with Gasteiger partial charge < -0.3 is 11.1 Å². The molecule has 0 bridgehead atoms. The Morgan fingerprint density at radius 1 is 1.40 bits per heavy atom. The molecule has 0 saturated heterocycles. The van der Waals surface area contributed by atoms with Gasteiger partial charge in [0.15, 0.2) is 0 Å². The van der Waals surface area contributed by atoms with Gasteiger partial charge in [-0.05, 0) is 37.6 Å². The van der Waals surface area contributed by atoms with Crippen molar-refractivity contribution in [2.24, 2.45) is 11.1 Å². The molecule has 2 aromatic rings. The predicted octanol–water partition coefficient (Wildman–Crippen LogP) is 3.12. The number of anilines is 1. The zero-order valence-electron chi connectivity index (χ0n) is 11.7. The van der Waals surface area contributed by atoms with E-state index in [-0.39, 0.29) is 5.91 Å². The van der Waals surface area contributed by atoms with Gasteiger partial charge in [-0.3, -0.25) is 4.79 Å². The summed E-state index contributed by atoms with van der Waals surface area (Å²) < 4.78 is 0. The van der Waals surface area contributed by atoms with Crippen molar-refractivity contribution in [3.8, 4) is 10.6 Å². The molecular weight excluding hydrogens is 270 g/mol. The molecule has 4 nitrogen and oxygen atoms in total. The standard InChI is InChI=1S/C15H19N3OS/c1-3-15(2,10-16)14(19)18-12-6-4-11(5-7-12)13-17-8-9-20-13/h4-9H,3,10,16H2,1-2H3,(H,18,19). The second kappa shape index (κ2) is 6.15. The van der Waals surface area contributed by atoms with Gasteiger partial charge in [-0.1, -0.05) is 6.92 Å². The molecule has 1 amide bonds. The first-order valence-corrected chi connectivity index (χ1v) is 7.48. The summed E-state index contributed by atoms with van der Waals surface area (Å²) in [6.45, 7) is 4.19. The lowest BCUT2D eigenvalue weighted by Crippen LogP contribution is -2.39. The van der Waals surface area contributed by atoms with Crippen molar-refractivity contribution in [1.82, 2.24) is 4.98 Å². The smallest absolute Gasteiger partial charge is 0.231 e. The van der Waals surface area contributed by atoms with E-state index in [9.17, 15) is 4.79 Å². The third-order valence-electron chi connectivity index (χ3n) is 3.60. The fourth-order valence-corrected chi connectivity index (χ4v) is 2.39. The van der Waals surface area contributed by atoms with E-state index < -0.39 is 5.41 Å². The number of nitrogens with zero attached hydrogens (tertiary/aromatic N) is 1. The number of aromatic nitrogens is 1. The Balaban J connectivity index is 2.10. The second-order valence-electron chi connectivity index (χ2n) is 4.99. The van der Waals surface area contributed by atoms with Gasteiger partial charge in [0.25, 0.3) is 0 Å². The molecular formula is C15H19N3OS. The lowest BCUT2D eigenvalue weighted by Gasteiger charge is -2.24. The van der Waals surface area contributed by atoms with Crippen LogP contribution in [0.1, 0.15) is 20.3 Å². The van der Waals surface area contributed by atoms with E-state index in [0.717, 1.165) is 16.3 Å². The molecule has 20 heavy (non-hydrogen) atoms. The molecule has 0 aliphatic carbocycles. The zero-order chi connectivity index (χ0) is 14.6. The Morgan fingerprint density at radius 2 is 2.10 bits per heavy atom. The molecule has 1 atom stereocenters. The van der Waals surface area contributed by atoms with Crippen molar-refractivity contribution < 1.29 is 4.79 Å². The van der Waals surface area contributed by atoms with E-state index >= 15 is 0 Å². The van der Waals surface area contributed by atoms with Crippen molar-refractivity contribution in [1.29, 1.82) is 0 Å². The van der Waals surface area contributed by atoms with Crippen LogP contribution in [0.15, 0.2) is 35.8 Å². The van der Waals surface area contributed by atoms with Crippen LogP contribution in [-0.2, 0) is 4.79 Å². The fraction of sp³-hybridized carbons (Fsp3) is 0.333. The number of nitrogens with one attached hydrogen (secondary N) is 1. The molecule has 1 heterocycles. The van der Waals surface area contributed by atoms with Gasteiger partial charge in [0.2, 0.25) is 5.91 Å². The van der Waals surface area contributed by atoms with E-state index in [1.807, 2.05) is 43.5 Å². The zero-order valence-corrected chi connectivity index (χ0v) is 12.5. The summed E-state index contributed by atoms with van der Waals surface area (Å²) in [5, 5.41) is 5.84. The molecule has 0 spiro atoms. The van der Waals surface area contributed by atoms with Crippen molar-refractivity contribution in [2.75, 3.05) is 11.9 Å². The van der Waals surface area contributed by atoms with E-state index in [1.54, 1.807) is 17.5 Å². The molecule has 2 rings (SSSR count). The van der Waals surface area contributed by atoms with Crippen LogP contribution in [0.5, 0.6) is 0 Å². The van der Waals surface area contributed by atoms with Crippen LogP contribution >= 0.6 is 11.3 Å². The number of carbonyl (C=O) groups is 1. The van der Waals surface area contributed by atoms with Crippen LogP contribution in [0.25, 0.3) is 10.6 Å². The topological polar surface area (TPSA) is 68.0 Å². The van der Waals surface area contributed by atoms with Crippen molar-refractivity contribution in [3.05, 3.63) is 35.8 Å². The molecule has 0 aliphatic rings. The van der Waals surface area contributed by atoms with Crippen molar-refractivity contribution in [3.63, 3.8) is 0 Å². The van der Waals surface area contributed by atoms with Gasteiger partial charge in [0, 0.05) is 29.4 Å². The number of thiazole rings is 1. The number of amides is 1. The van der Waals surface area contributed by atoms with Gasteiger partial charge in [0.1, 0.15) is 5.01 Å². The maximum Gasteiger partial charge on any atom is 0.231 e. The highest BCUT2D eigenvalue weighted by Crippen LogP contribution is 2.25. The van der Waals surface area contributed by atoms with Crippen LogP contribution < -0.4 is 11.1 Å². The minimum Gasteiger partial charge on any atom is -0.329 e. The Morgan fingerprint density at radius 3 is 2.60 bits per heavy atom. The molecule has 1 unspecified atom stereocenters. The summed E-state index contributed by atoms with van der Waals surface area (Å²) in [5.41, 5.74) is 7.00. The second-order valence-corrected chi connectivity index (χ2v) is 5.88. The molecule has 0 radical (unpaired) electrons. The number of hydrogen-bond donors (Lipinski definition) is 2. The lowest BCUT2D eigenvalue weighted by molar-refractivity contribution is -0.124. The van der Waals surface area contributed by atoms with Crippen LogP contribution in [0.4, 0.5) is 5.69 Å². The van der Waals surface area contributed by atoms with Crippen LogP contribution in [-0.4, -0.2) is 17.4 Å². The summed E-state index contributed by atoms with van der Waals surface area (Å²) in [7, 11) is 0. The van der Waals surface area contributed by atoms with Gasteiger partial charge in [-0.2, -0.15) is 0 Å². The molecule has 3 N–H and O–H groups in total. The van der Waals surface area contributed by atoms with Gasteiger partial charge in [0.05, 0.1) is 5.41 Å². The number of nitrogens with two attached hydrogens (primary N) is 1. The molecule has 1 aromatic heterocycles. The molecule has 0 saturated carbocycles. The van der Waals surface area contributed by atoms with E-state index in [0.29, 0.717) is 13.0 Å². The number of carbonyl (C=O) groups excluding carboxylic acids is 1. The SMILES string of the molecule is CCC(C)(CN)C(=O)Nc1ccc(-c2nccs2)cc1. The van der Waals surface area contributed by atoms with Crippen LogP contribution in [0.3, 0.4) is 0 Å². The van der Waals surface area contributed by atoms with E-state index in [1.165, 1.54) is 0 Å². The monoisotopic (exact) mass is 289 g/mol. The quantitative estimate of drug-likeness (QED) is 0.888. The Bertz CT molecular complexity index is 559. The highest BCUT2D eigenvalue weighted by molar-refractivity contribution is 7.13. The molecule has 0 fully saturated rings. The minimum atomic E-state index is -0.520. The van der Waals surface area contributed by atoms with Crippen LogP contribution in [0.2, 0.25) is 0 Å². The fourth-order valence-electron chi connectivity index (χ4n) is 1.74. The average molecular weight is 289 g/mol. The summed E-state index contributed by atoms with van der Waals surface area (Å²) in [5.74, 6) is -0.0375. The first-order chi connectivity index (χ1) is 9.59. The molecule has 5 heteroatoms. The Kier molecular flexibility index (Phi) is 4.52. The first kappa shape index (κ1) is 14.7. The van der Waals surface area contributed by atoms with Gasteiger partial charge >= 0.3 is 0 Å². The highest BCUT2D eigenvalue weighted by atomic mass is 32.1. The molecule has 0 aliphatic heterocycles. The lowest BCUT2D eigenvalue weighted by atomic mass is 9.86. The minimum absolute atomic E-state index is 0.0375. The number of benzene rings is 1. The third kappa shape index (κ3) is 3.05. The first-order valence-electron chi connectivity index (χ1n) is 6.60. The van der Waals surface area contributed by atoms with E-state index in [2.05, 4.69) is 10.3 Å². The van der Waals surface area contributed by atoms with Crippen LogP contribution in [0, 0.1) is 5.41 Å². The highest BCUT2D eigenvalue weighted by Gasteiger charge is 2.29. The Hall–Kier alpha value is -1.72. The maximum absolute atomic E-state index is 12.2. The normalized spacial score (nSPS) is 13.8. The average Bonchev–Trinajstić information content (AvgIpc) is 3.01. The van der Waals surface area contributed by atoms with E-state index in [4.69, 9.17) is 5.73 Å². The van der Waals surface area contributed by atoms with Crippen molar-refractivity contribution >= 4 is 22.9 Å². The van der Waals surface area contributed by atoms with Gasteiger partial charge in [-0.15, -0.1) is 11.3 Å². The number of rotatable bonds is 5. The third-order valence-corrected chi connectivity index (χ3v) is 4.42. The summed E-state index contributed by atoms with van der Waals surface area (Å²) >= 11 is 1.59.